The van der Waals surface area contributed by atoms with E-state index in [0.29, 0.717) is 37.8 Å². The van der Waals surface area contributed by atoms with Gasteiger partial charge in [-0.25, -0.2) is 4.99 Å². The number of hydrogen-bond acceptors (Lipinski definition) is 4. The van der Waals surface area contributed by atoms with Gasteiger partial charge in [-0.3, -0.25) is 0 Å². The maximum Gasteiger partial charge on any atom is 0.411 e. The molecule has 146 valence electrons. The molecule has 0 saturated carbocycles. The van der Waals surface area contributed by atoms with Gasteiger partial charge in [-0.15, -0.1) is 24.0 Å². The summed E-state index contributed by atoms with van der Waals surface area (Å²) in [6.45, 7) is 6.25. The van der Waals surface area contributed by atoms with Gasteiger partial charge in [-0.2, -0.15) is 13.2 Å². The number of ether oxygens (including phenoxy) is 1. The molecule has 0 atom stereocenters. The Morgan fingerprint density at radius 1 is 1.36 bits per heavy atom. The zero-order chi connectivity index (χ0) is 18.0. The highest BCUT2D eigenvalue weighted by Gasteiger charge is 2.27. The smallest absolute Gasteiger partial charge is 0.372 e. The van der Waals surface area contributed by atoms with E-state index in [4.69, 9.17) is 4.52 Å². The molecule has 1 heterocycles. The van der Waals surface area contributed by atoms with Gasteiger partial charge in [0.15, 0.2) is 11.7 Å². The Morgan fingerprint density at radius 3 is 2.64 bits per heavy atom. The van der Waals surface area contributed by atoms with Crippen molar-refractivity contribution in [3.63, 3.8) is 0 Å². The van der Waals surface area contributed by atoms with E-state index in [0.717, 1.165) is 5.69 Å². The number of aromatic nitrogens is 1. The molecule has 25 heavy (non-hydrogen) atoms. The minimum Gasteiger partial charge on any atom is -0.372 e. The predicted octanol–water partition coefficient (Wildman–Crippen LogP) is 3.44. The van der Waals surface area contributed by atoms with Gasteiger partial charge < -0.3 is 19.9 Å². The molecule has 0 fully saturated rings. The molecule has 0 aromatic carbocycles. The van der Waals surface area contributed by atoms with Crippen LogP contribution in [0.1, 0.15) is 44.6 Å². The Hall–Kier alpha value is -1.04. The molecular formula is C15H26F3IN4O2. The second-order valence-electron chi connectivity index (χ2n) is 5.52. The number of aliphatic imine (C=N–C) groups is 1. The lowest BCUT2D eigenvalue weighted by Gasteiger charge is -2.11. The molecule has 0 spiro atoms. The van der Waals surface area contributed by atoms with Crippen molar-refractivity contribution >= 4 is 29.9 Å². The summed E-state index contributed by atoms with van der Waals surface area (Å²) in [4.78, 5) is 4.35. The fraction of sp³-hybridized carbons (Fsp3) is 0.733. The summed E-state index contributed by atoms with van der Waals surface area (Å²) in [5.74, 6) is 1.51. The van der Waals surface area contributed by atoms with E-state index < -0.39 is 12.8 Å². The molecule has 0 aliphatic rings. The van der Waals surface area contributed by atoms with Crippen molar-refractivity contribution in [1.29, 1.82) is 0 Å². The maximum absolute atomic E-state index is 11.9. The number of alkyl halides is 3. The van der Waals surface area contributed by atoms with Crippen molar-refractivity contribution in [2.45, 2.75) is 45.8 Å². The minimum atomic E-state index is -4.28. The van der Waals surface area contributed by atoms with Gasteiger partial charge >= 0.3 is 6.18 Å². The molecule has 2 N–H and O–H groups in total. The van der Waals surface area contributed by atoms with E-state index in [9.17, 15) is 13.2 Å². The van der Waals surface area contributed by atoms with Crippen molar-refractivity contribution in [1.82, 2.24) is 15.8 Å². The highest BCUT2D eigenvalue weighted by Crippen LogP contribution is 2.15. The second-order valence-corrected chi connectivity index (χ2v) is 5.52. The van der Waals surface area contributed by atoms with Crippen LogP contribution >= 0.6 is 24.0 Å². The predicted molar refractivity (Wildman–Crippen MR) is 100 cm³/mol. The number of rotatable bonds is 9. The van der Waals surface area contributed by atoms with Crippen molar-refractivity contribution in [3.05, 3.63) is 17.5 Å². The van der Waals surface area contributed by atoms with Crippen LogP contribution in [0, 0.1) is 0 Å². The Morgan fingerprint density at radius 2 is 2.08 bits per heavy atom. The molecule has 10 heteroatoms. The zero-order valence-electron chi connectivity index (χ0n) is 14.7. The van der Waals surface area contributed by atoms with Gasteiger partial charge in [0.2, 0.25) is 0 Å². The summed E-state index contributed by atoms with van der Waals surface area (Å²) in [6, 6.07) is 1.86. The summed E-state index contributed by atoms with van der Waals surface area (Å²) in [5.41, 5.74) is 0.875. The summed E-state index contributed by atoms with van der Waals surface area (Å²) < 4.78 is 45.5. The number of halogens is 4. The van der Waals surface area contributed by atoms with Crippen LogP contribution in [0.4, 0.5) is 13.2 Å². The molecule has 6 nitrogen and oxygen atoms in total. The van der Waals surface area contributed by atoms with E-state index >= 15 is 0 Å². The van der Waals surface area contributed by atoms with Crippen molar-refractivity contribution in [2.75, 3.05) is 26.3 Å². The first kappa shape index (κ1) is 24.0. The van der Waals surface area contributed by atoms with Crippen LogP contribution in [0.5, 0.6) is 0 Å². The van der Waals surface area contributed by atoms with E-state index in [-0.39, 0.29) is 36.5 Å². The zero-order valence-corrected chi connectivity index (χ0v) is 17.0. The van der Waals surface area contributed by atoms with Gasteiger partial charge in [0.1, 0.15) is 13.2 Å². The van der Waals surface area contributed by atoms with E-state index in [1.165, 1.54) is 0 Å². The first-order valence-electron chi connectivity index (χ1n) is 7.94. The Bertz CT molecular complexity index is 507. The standard InChI is InChI=1S/C15H25F3N4O2.HI/c1-4-19-14(20-6-5-7-23-10-15(16,17)18)21-9-12-8-13(11(2)3)22-24-12;/h8,11H,4-7,9-10H2,1-3H3,(H2,19,20,21);1H. The molecule has 0 aliphatic carbocycles. The third-order valence-corrected chi connectivity index (χ3v) is 2.93. The first-order valence-corrected chi connectivity index (χ1v) is 7.94. The van der Waals surface area contributed by atoms with Crippen molar-refractivity contribution < 1.29 is 22.4 Å². The highest BCUT2D eigenvalue weighted by molar-refractivity contribution is 14.0. The molecule has 1 aromatic rings. The van der Waals surface area contributed by atoms with Gasteiger partial charge in [0.05, 0.1) is 5.69 Å². The van der Waals surface area contributed by atoms with Crippen molar-refractivity contribution in [3.8, 4) is 0 Å². The fourth-order valence-electron chi connectivity index (χ4n) is 1.74. The molecule has 0 aliphatic heterocycles. The third kappa shape index (κ3) is 11.2. The van der Waals surface area contributed by atoms with Crippen LogP contribution in [-0.2, 0) is 11.3 Å². The van der Waals surface area contributed by atoms with Crippen LogP contribution < -0.4 is 10.6 Å². The number of guanidine groups is 1. The summed E-state index contributed by atoms with van der Waals surface area (Å²) in [5, 5.41) is 10.0. The van der Waals surface area contributed by atoms with E-state index in [2.05, 4.69) is 25.5 Å². The fourth-order valence-corrected chi connectivity index (χ4v) is 1.74. The average Bonchev–Trinajstić information content (AvgIpc) is 2.96. The number of nitrogens with zero attached hydrogens (tertiary/aromatic N) is 2. The molecule has 0 saturated heterocycles. The van der Waals surface area contributed by atoms with Crippen LogP contribution in [0.25, 0.3) is 0 Å². The van der Waals surface area contributed by atoms with Gasteiger partial charge in [0, 0.05) is 25.8 Å². The average molecular weight is 478 g/mol. The topological polar surface area (TPSA) is 71.7 Å². The van der Waals surface area contributed by atoms with Crippen LogP contribution in [0.2, 0.25) is 0 Å². The number of nitrogens with one attached hydrogen (secondary N) is 2. The molecular weight excluding hydrogens is 452 g/mol. The summed E-state index contributed by atoms with van der Waals surface area (Å²) in [6.07, 6.45) is -3.84. The lowest BCUT2D eigenvalue weighted by atomic mass is 10.1. The molecule has 1 rings (SSSR count). The molecule has 0 bridgehead atoms. The molecule has 0 unspecified atom stereocenters. The lowest BCUT2D eigenvalue weighted by Crippen LogP contribution is -2.38. The SMILES string of the molecule is CCNC(=NCc1cc(C(C)C)no1)NCCCOCC(F)(F)F.I. The van der Waals surface area contributed by atoms with Crippen LogP contribution in [-0.4, -0.2) is 43.6 Å². The number of hydrogen-bond donors (Lipinski definition) is 2. The first-order chi connectivity index (χ1) is 11.3. The van der Waals surface area contributed by atoms with E-state index in [1.807, 2.05) is 26.8 Å². The largest absolute Gasteiger partial charge is 0.411 e. The molecule has 1 aromatic heterocycles. The second kappa shape index (κ2) is 12.3. The van der Waals surface area contributed by atoms with Crippen molar-refractivity contribution in [2.24, 2.45) is 4.99 Å². The van der Waals surface area contributed by atoms with Crippen LogP contribution in [0.15, 0.2) is 15.6 Å². The third-order valence-electron chi connectivity index (χ3n) is 2.93. The highest BCUT2D eigenvalue weighted by atomic mass is 127. The van der Waals surface area contributed by atoms with Gasteiger partial charge in [0.25, 0.3) is 0 Å². The molecule has 0 radical (unpaired) electrons. The van der Waals surface area contributed by atoms with Crippen LogP contribution in [0.3, 0.4) is 0 Å². The lowest BCUT2D eigenvalue weighted by molar-refractivity contribution is -0.173. The summed E-state index contributed by atoms with van der Waals surface area (Å²) >= 11 is 0. The Labute approximate surface area is 163 Å². The molecule has 0 amide bonds. The Kier molecular flexibility index (Phi) is 11.8. The minimum absolute atomic E-state index is 0. The monoisotopic (exact) mass is 478 g/mol. The normalized spacial score (nSPS) is 12.2. The summed E-state index contributed by atoms with van der Waals surface area (Å²) in [7, 11) is 0. The van der Waals surface area contributed by atoms with Gasteiger partial charge in [-0.1, -0.05) is 19.0 Å². The van der Waals surface area contributed by atoms with Gasteiger partial charge in [-0.05, 0) is 19.3 Å². The quantitative estimate of drug-likeness (QED) is 0.246. The Balaban J connectivity index is 0.00000576. The maximum atomic E-state index is 11.9. The van der Waals surface area contributed by atoms with E-state index in [1.54, 1.807) is 0 Å².